The van der Waals surface area contributed by atoms with E-state index in [0.717, 1.165) is 17.1 Å². The minimum absolute atomic E-state index is 0.00893. The van der Waals surface area contributed by atoms with E-state index in [1.165, 1.54) is 11.8 Å². The summed E-state index contributed by atoms with van der Waals surface area (Å²) in [6, 6.07) is 7.69. The van der Waals surface area contributed by atoms with Crippen LogP contribution in [0.4, 0.5) is 0 Å². The van der Waals surface area contributed by atoms with Crippen molar-refractivity contribution in [2.75, 3.05) is 5.75 Å². The number of nitrogens with zero attached hydrogens (tertiary/aromatic N) is 2. The lowest BCUT2D eigenvalue weighted by atomic mass is 10.3. The zero-order chi connectivity index (χ0) is 15.4. The number of carboxylic acid groups (broad SMARTS) is 1. The van der Waals surface area contributed by atoms with Gasteiger partial charge < -0.3 is 9.84 Å². The van der Waals surface area contributed by atoms with Crippen LogP contribution in [0, 0.1) is 6.92 Å². The van der Waals surface area contributed by atoms with Gasteiger partial charge >= 0.3 is 5.97 Å². The Morgan fingerprint density at radius 2 is 2.05 bits per heavy atom. The average molecular weight is 306 g/mol. The maximum absolute atomic E-state index is 10.7. The molecule has 1 N–H and O–H groups in total. The minimum Gasteiger partial charge on any atom is -0.491 e. The lowest BCUT2D eigenvalue weighted by molar-refractivity contribution is -0.133. The van der Waals surface area contributed by atoms with Gasteiger partial charge in [0, 0.05) is 17.6 Å². The number of carboxylic acids is 1. The number of ether oxygens (including phenoxy) is 1. The summed E-state index contributed by atoms with van der Waals surface area (Å²) in [6.07, 6.45) is 1.87. The minimum atomic E-state index is -0.854. The zero-order valence-electron chi connectivity index (χ0n) is 12.2. The van der Waals surface area contributed by atoms with Crippen LogP contribution in [-0.4, -0.2) is 32.5 Å². The first-order valence-electron chi connectivity index (χ1n) is 6.63. The second-order valence-corrected chi connectivity index (χ2v) is 5.80. The summed E-state index contributed by atoms with van der Waals surface area (Å²) in [5.74, 6) is -0.0514. The van der Waals surface area contributed by atoms with Gasteiger partial charge in [0.05, 0.1) is 11.9 Å². The SMILES string of the molecule is Cc1cnc(SCC(=O)O)n1-c1ccc(OC(C)C)cc1. The number of rotatable bonds is 6. The number of hydrogen-bond acceptors (Lipinski definition) is 4. The summed E-state index contributed by atoms with van der Waals surface area (Å²) >= 11 is 1.21. The molecule has 0 aliphatic carbocycles. The highest BCUT2D eigenvalue weighted by Crippen LogP contribution is 2.24. The number of aryl methyl sites for hydroxylation is 1. The van der Waals surface area contributed by atoms with Crippen LogP contribution < -0.4 is 4.74 Å². The molecule has 2 aromatic rings. The van der Waals surface area contributed by atoms with Crippen molar-refractivity contribution in [2.45, 2.75) is 32.0 Å². The largest absolute Gasteiger partial charge is 0.491 e. The topological polar surface area (TPSA) is 64.3 Å². The van der Waals surface area contributed by atoms with Gasteiger partial charge in [-0.25, -0.2) is 4.98 Å². The average Bonchev–Trinajstić information content (AvgIpc) is 2.78. The summed E-state index contributed by atoms with van der Waals surface area (Å²) in [4.78, 5) is 15.0. The lowest BCUT2D eigenvalue weighted by Crippen LogP contribution is -2.06. The van der Waals surface area contributed by atoms with Crippen LogP contribution in [0.3, 0.4) is 0 Å². The third-order valence-corrected chi connectivity index (χ3v) is 3.63. The first kappa shape index (κ1) is 15.4. The molecule has 5 nitrogen and oxygen atoms in total. The fourth-order valence-corrected chi connectivity index (χ4v) is 2.66. The van der Waals surface area contributed by atoms with Crippen molar-refractivity contribution in [3.8, 4) is 11.4 Å². The van der Waals surface area contributed by atoms with Crippen molar-refractivity contribution in [3.05, 3.63) is 36.2 Å². The van der Waals surface area contributed by atoms with Crippen molar-refractivity contribution in [1.29, 1.82) is 0 Å². The molecule has 0 aliphatic rings. The molecule has 0 radical (unpaired) electrons. The normalized spacial score (nSPS) is 10.9. The second kappa shape index (κ2) is 6.67. The molecule has 1 aromatic carbocycles. The van der Waals surface area contributed by atoms with Gasteiger partial charge in [-0.3, -0.25) is 9.36 Å². The summed E-state index contributed by atoms with van der Waals surface area (Å²) < 4.78 is 7.56. The number of thioether (sulfide) groups is 1. The van der Waals surface area contributed by atoms with Crippen LogP contribution in [-0.2, 0) is 4.79 Å². The predicted molar refractivity (Wildman–Crippen MR) is 82.4 cm³/mol. The molecular formula is C15H18N2O3S. The van der Waals surface area contributed by atoms with Crippen LogP contribution in [0.5, 0.6) is 5.75 Å². The maximum Gasteiger partial charge on any atom is 0.313 e. The monoisotopic (exact) mass is 306 g/mol. The fourth-order valence-electron chi connectivity index (χ4n) is 1.90. The van der Waals surface area contributed by atoms with Crippen molar-refractivity contribution >= 4 is 17.7 Å². The van der Waals surface area contributed by atoms with Gasteiger partial charge in [-0.2, -0.15) is 0 Å². The highest BCUT2D eigenvalue weighted by molar-refractivity contribution is 7.99. The van der Waals surface area contributed by atoms with Gasteiger partial charge in [0.25, 0.3) is 0 Å². The van der Waals surface area contributed by atoms with E-state index in [1.807, 2.05) is 49.6 Å². The van der Waals surface area contributed by atoms with E-state index >= 15 is 0 Å². The Balaban J connectivity index is 2.24. The van der Waals surface area contributed by atoms with Crippen LogP contribution in [0.25, 0.3) is 5.69 Å². The van der Waals surface area contributed by atoms with Gasteiger partial charge in [-0.1, -0.05) is 11.8 Å². The van der Waals surface area contributed by atoms with Crippen molar-refractivity contribution in [3.63, 3.8) is 0 Å². The highest BCUT2D eigenvalue weighted by atomic mass is 32.2. The molecule has 0 bridgehead atoms. The molecule has 0 spiro atoms. The molecule has 0 saturated carbocycles. The molecule has 0 amide bonds. The van der Waals surface area contributed by atoms with Crippen LogP contribution in [0.15, 0.2) is 35.6 Å². The van der Waals surface area contributed by atoms with Crippen molar-refractivity contribution < 1.29 is 14.6 Å². The van der Waals surface area contributed by atoms with E-state index in [9.17, 15) is 4.79 Å². The number of hydrogen-bond donors (Lipinski definition) is 1. The van der Waals surface area contributed by atoms with Gasteiger partial charge in [0.15, 0.2) is 5.16 Å². The Kier molecular flexibility index (Phi) is 4.90. The molecule has 2 rings (SSSR count). The molecule has 0 atom stereocenters. The molecule has 1 heterocycles. The molecule has 0 aliphatic heterocycles. The molecule has 0 saturated heterocycles. The quantitative estimate of drug-likeness (QED) is 0.831. The van der Waals surface area contributed by atoms with E-state index < -0.39 is 5.97 Å². The Labute approximate surface area is 128 Å². The van der Waals surface area contributed by atoms with Crippen LogP contribution >= 0.6 is 11.8 Å². The van der Waals surface area contributed by atoms with Crippen molar-refractivity contribution in [1.82, 2.24) is 9.55 Å². The lowest BCUT2D eigenvalue weighted by Gasteiger charge is -2.12. The van der Waals surface area contributed by atoms with E-state index in [4.69, 9.17) is 9.84 Å². The first-order valence-corrected chi connectivity index (χ1v) is 7.62. The smallest absolute Gasteiger partial charge is 0.313 e. The maximum atomic E-state index is 10.7. The molecular weight excluding hydrogens is 288 g/mol. The van der Waals surface area contributed by atoms with Crippen LogP contribution in [0.1, 0.15) is 19.5 Å². The standard InChI is InChI=1S/C15H18N2O3S/c1-10(2)20-13-6-4-12(5-7-13)17-11(3)8-16-15(17)21-9-14(18)19/h4-8,10H,9H2,1-3H3,(H,18,19). The van der Waals surface area contributed by atoms with Crippen LogP contribution in [0.2, 0.25) is 0 Å². The Bertz CT molecular complexity index is 620. The summed E-state index contributed by atoms with van der Waals surface area (Å²) in [6.45, 7) is 5.90. The number of aromatic nitrogens is 2. The van der Waals surface area contributed by atoms with E-state index in [-0.39, 0.29) is 11.9 Å². The van der Waals surface area contributed by atoms with Crippen molar-refractivity contribution in [2.24, 2.45) is 0 Å². The zero-order valence-corrected chi connectivity index (χ0v) is 13.1. The third-order valence-electron chi connectivity index (χ3n) is 2.70. The molecule has 21 heavy (non-hydrogen) atoms. The second-order valence-electron chi connectivity index (χ2n) is 4.86. The Morgan fingerprint density at radius 3 is 2.62 bits per heavy atom. The van der Waals surface area contributed by atoms with E-state index in [1.54, 1.807) is 6.20 Å². The molecule has 112 valence electrons. The molecule has 1 aromatic heterocycles. The van der Waals surface area contributed by atoms with Gasteiger partial charge in [-0.15, -0.1) is 0 Å². The van der Waals surface area contributed by atoms with E-state index in [0.29, 0.717) is 5.16 Å². The van der Waals surface area contributed by atoms with Gasteiger partial charge in [0.1, 0.15) is 5.75 Å². The number of carbonyl (C=O) groups is 1. The molecule has 6 heteroatoms. The Hall–Kier alpha value is -1.95. The van der Waals surface area contributed by atoms with Gasteiger partial charge in [-0.05, 0) is 45.0 Å². The number of aliphatic carboxylic acids is 1. The van der Waals surface area contributed by atoms with Gasteiger partial charge in [0.2, 0.25) is 0 Å². The summed E-state index contributed by atoms with van der Waals surface area (Å²) in [5.41, 5.74) is 1.90. The third kappa shape index (κ3) is 4.01. The highest BCUT2D eigenvalue weighted by Gasteiger charge is 2.11. The number of benzene rings is 1. The van der Waals surface area contributed by atoms with E-state index in [2.05, 4.69) is 4.98 Å². The first-order chi connectivity index (χ1) is 9.97. The fraction of sp³-hybridized carbons (Fsp3) is 0.333. The summed E-state index contributed by atoms with van der Waals surface area (Å²) in [7, 11) is 0. The number of imidazole rings is 1. The summed E-state index contributed by atoms with van der Waals surface area (Å²) in [5, 5.41) is 9.46. The predicted octanol–water partition coefficient (Wildman–Crippen LogP) is 3.14. The molecule has 0 unspecified atom stereocenters. The Morgan fingerprint density at radius 1 is 1.38 bits per heavy atom. The molecule has 0 fully saturated rings.